The molecule has 1 aromatic heterocycles. The Kier molecular flexibility index (Phi) is 2.28. The number of aromatic nitrogens is 1. The van der Waals surface area contributed by atoms with E-state index in [9.17, 15) is 14.5 Å². The number of nitrogens with zero attached hydrogens (tertiary/aromatic N) is 2. The van der Waals surface area contributed by atoms with Crippen molar-refractivity contribution in [2.75, 3.05) is 5.73 Å². The van der Waals surface area contributed by atoms with Crippen molar-refractivity contribution in [1.29, 1.82) is 0 Å². The van der Waals surface area contributed by atoms with Crippen molar-refractivity contribution in [2.24, 2.45) is 0 Å². The van der Waals surface area contributed by atoms with E-state index in [0.717, 1.165) is 12.1 Å². The van der Waals surface area contributed by atoms with Gasteiger partial charge in [0.2, 0.25) is 5.82 Å². The normalized spacial score (nSPS) is 10.3. The van der Waals surface area contributed by atoms with E-state index in [-0.39, 0.29) is 11.6 Å². The summed E-state index contributed by atoms with van der Waals surface area (Å²) in [6.07, 6.45) is 0. The van der Waals surface area contributed by atoms with Gasteiger partial charge < -0.3 is 10.3 Å². The molecule has 0 atom stereocenters. The Balaban J connectivity index is 2.45. The maximum absolute atomic E-state index is 13.3. The van der Waals surface area contributed by atoms with Crippen LogP contribution in [-0.4, -0.2) is 10.1 Å². The van der Waals surface area contributed by atoms with Crippen LogP contribution in [0.2, 0.25) is 0 Å². The molecule has 0 unspecified atom stereocenters. The first-order valence-electron chi connectivity index (χ1n) is 4.24. The first-order chi connectivity index (χ1) is 7.58. The lowest BCUT2D eigenvalue weighted by atomic mass is 10.1. The Morgan fingerprint density at radius 3 is 2.69 bits per heavy atom. The van der Waals surface area contributed by atoms with Crippen molar-refractivity contribution < 1.29 is 13.8 Å². The number of nitrogen functional groups attached to an aromatic ring is 1. The molecule has 1 heterocycles. The summed E-state index contributed by atoms with van der Waals surface area (Å²) in [6, 6.07) is 4.82. The van der Waals surface area contributed by atoms with Crippen molar-refractivity contribution >= 4 is 11.5 Å². The molecule has 0 spiro atoms. The Bertz CT molecular complexity index is 553. The Morgan fingerprint density at radius 2 is 2.19 bits per heavy atom. The van der Waals surface area contributed by atoms with Gasteiger partial charge in [-0.25, -0.2) is 0 Å². The molecular formula is C9H6FN3O3. The molecule has 82 valence electrons. The fourth-order valence-corrected chi connectivity index (χ4v) is 1.23. The zero-order valence-corrected chi connectivity index (χ0v) is 7.88. The van der Waals surface area contributed by atoms with Gasteiger partial charge in [0, 0.05) is 17.7 Å². The van der Waals surface area contributed by atoms with Crippen LogP contribution in [0.15, 0.2) is 28.8 Å². The van der Waals surface area contributed by atoms with Gasteiger partial charge in [0.1, 0.15) is 0 Å². The predicted octanol–water partition coefficient (Wildman–Crippen LogP) is 1.97. The number of nitro benzene ring substituents is 1. The second-order valence-corrected chi connectivity index (χ2v) is 3.04. The number of rotatable bonds is 2. The zero-order valence-electron chi connectivity index (χ0n) is 7.88. The standard InChI is InChI=1S/C9H6FN3O3/c10-6-3-5(1-2-7(6)13(14)15)8-4-9(11)12-16-8/h1-4H,(H2,11,12). The molecule has 1 aromatic carbocycles. The third kappa shape index (κ3) is 1.70. The minimum Gasteiger partial charge on any atom is -0.381 e. The number of benzene rings is 1. The average molecular weight is 223 g/mol. The highest BCUT2D eigenvalue weighted by Crippen LogP contribution is 2.26. The largest absolute Gasteiger partial charge is 0.381 e. The lowest BCUT2D eigenvalue weighted by Crippen LogP contribution is -1.92. The number of anilines is 1. The van der Waals surface area contributed by atoms with Gasteiger partial charge in [-0.2, -0.15) is 4.39 Å². The Labute approximate surface area is 88.6 Å². The third-order valence-electron chi connectivity index (χ3n) is 1.96. The van der Waals surface area contributed by atoms with E-state index >= 15 is 0 Å². The Hall–Kier alpha value is -2.44. The van der Waals surface area contributed by atoms with Gasteiger partial charge in [-0.1, -0.05) is 5.16 Å². The molecule has 6 nitrogen and oxygen atoms in total. The van der Waals surface area contributed by atoms with Crippen LogP contribution >= 0.6 is 0 Å². The molecule has 2 rings (SSSR count). The van der Waals surface area contributed by atoms with Gasteiger partial charge in [0.15, 0.2) is 11.6 Å². The SMILES string of the molecule is Nc1cc(-c2ccc([N+](=O)[O-])c(F)c2)on1. The molecule has 0 aliphatic carbocycles. The van der Waals surface area contributed by atoms with Crippen LogP contribution in [-0.2, 0) is 0 Å². The smallest absolute Gasteiger partial charge is 0.304 e. The highest BCUT2D eigenvalue weighted by molar-refractivity contribution is 5.61. The minimum absolute atomic E-state index is 0.161. The molecule has 0 aliphatic heterocycles. The van der Waals surface area contributed by atoms with Gasteiger partial charge in [0.25, 0.3) is 0 Å². The molecule has 0 radical (unpaired) electrons. The summed E-state index contributed by atoms with van der Waals surface area (Å²) in [7, 11) is 0. The lowest BCUT2D eigenvalue weighted by molar-refractivity contribution is -0.387. The third-order valence-corrected chi connectivity index (χ3v) is 1.96. The topological polar surface area (TPSA) is 95.2 Å². The number of hydrogen-bond donors (Lipinski definition) is 1. The molecule has 0 saturated carbocycles. The van der Waals surface area contributed by atoms with Gasteiger partial charge in [-0.15, -0.1) is 0 Å². The first-order valence-corrected chi connectivity index (χ1v) is 4.24. The summed E-state index contributed by atoms with van der Waals surface area (Å²) < 4.78 is 18.1. The van der Waals surface area contributed by atoms with E-state index in [2.05, 4.69) is 5.16 Å². The quantitative estimate of drug-likeness (QED) is 0.620. The van der Waals surface area contributed by atoms with Crippen LogP contribution in [0.3, 0.4) is 0 Å². The Morgan fingerprint density at radius 1 is 1.44 bits per heavy atom. The van der Waals surface area contributed by atoms with E-state index in [4.69, 9.17) is 10.3 Å². The molecule has 2 aromatic rings. The summed E-state index contributed by atoms with van der Waals surface area (Å²) in [5, 5.41) is 13.8. The van der Waals surface area contributed by atoms with E-state index in [1.165, 1.54) is 12.1 Å². The molecule has 0 fully saturated rings. The second-order valence-electron chi connectivity index (χ2n) is 3.04. The molecule has 16 heavy (non-hydrogen) atoms. The monoisotopic (exact) mass is 223 g/mol. The molecular weight excluding hydrogens is 217 g/mol. The first kappa shape index (κ1) is 10.1. The lowest BCUT2D eigenvalue weighted by Gasteiger charge is -1.96. The number of hydrogen-bond acceptors (Lipinski definition) is 5. The number of halogens is 1. The van der Waals surface area contributed by atoms with E-state index in [1.807, 2.05) is 0 Å². The van der Waals surface area contributed by atoms with Gasteiger partial charge in [-0.05, 0) is 12.1 Å². The predicted molar refractivity (Wildman–Crippen MR) is 53.0 cm³/mol. The van der Waals surface area contributed by atoms with Crippen molar-refractivity contribution in [3.63, 3.8) is 0 Å². The fourth-order valence-electron chi connectivity index (χ4n) is 1.23. The van der Waals surface area contributed by atoms with Crippen molar-refractivity contribution in [1.82, 2.24) is 5.16 Å². The minimum atomic E-state index is -0.933. The summed E-state index contributed by atoms with van der Waals surface area (Å²) in [5.74, 6) is -0.516. The summed E-state index contributed by atoms with van der Waals surface area (Å²) in [5.41, 5.74) is 5.08. The summed E-state index contributed by atoms with van der Waals surface area (Å²) >= 11 is 0. The molecule has 0 amide bonds. The average Bonchev–Trinajstić information content (AvgIpc) is 2.64. The van der Waals surface area contributed by atoms with Crippen LogP contribution in [0.1, 0.15) is 0 Å². The fraction of sp³-hybridized carbons (Fsp3) is 0. The van der Waals surface area contributed by atoms with E-state index in [0.29, 0.717) is 5.56 Å². The van der Waals surface area contributed by atoms with Crippen molar-refractivity contribution in [3.05, 3.63) is 40.2 Å². The van der Waals surface area contributed by atoms with Crippen LogP contribution in [0.4, 0.5) is 15.9 Å². The van der Waals surface area contributed by atoms with Crippen LogP contribution in [0.25, 0.3) is 11.3 Å². The van der Waals surface area contributed by atoms with E-state index in [1.54, 1.807) is 0 Å². The highest BCUT2D eigenvalue weighted by atomic mass is 19.1. The molecule has 7 heteroatoms. The summed E-state index contributed by atoms with van der Waals surface area (Å²) in [4.78, 5) is 9.59. The summed E-state index contributed by atoms with van der Waals surface area (Å²) in [6.45, 7) is 0. The van der Waals surface area contributed by atoms with Gasteiger partial charge in [-0.3, -0.25) is 10.1 Å². The van der Waals surface area contributed by atoms with Crippen molar-refractivity contribution in [2.45, 2.75) is 0 Å². The van der Waals surface area contributed by atoms with Crippen LogP contribution < -0.4 is 5.73 Å². The van der Waals surface area contributed by atoms with Gasteiger partial charge in [0.05, 0.1) is 4.92 Å². The van der Waals surface area contributed by atoms with Crippen molar-refractivity contribution in [3.8, 4) is 11.3 Å². The molecule has 0 saturated heterocycles. The zero-order chi connectivity index (χ0) is 11.7. The highest BCUT2D eigenvalue weighted by Gasteiger charge is 2.15. The number of nitrogens with two attached hydrogens (primary N) is 1. The van der Waals surface area contributed by atoms with E-state index < -0.39 is 16.4 Å². The maximum Gasteiger partial charge on any atom is 0.304 e. The van der Waals surface area contributed by atoms with Gasteiger partial charge >= 0.3 is 5.69 Å². The molecule has 0 aliphatic rings. The molecule has 2 N–H and O–H groups in total. The van der Waals surface area contributed by atoms with Crippen LogP contribution in [0, 0.1) is 15.9 Å². The second kappa shape index (κ2) is 3.61. The number of nitro groups is 1. The van der Waals surface area contributed by atoms with Crippen LogP contribution in [0.5, 0.6) is 0 Å². The maximum atomic E-state index is 13.3. The molecule has 0 bridgehead atoms.